The molecular formula is C10H12N2O2S2. The van der Waals surface area contributed by atoms with Crippen molar-refractivity contribution in [3.8, 4) is 0 Å². The van der Waals surface area contributed by atoms with E-state index in [0.717, 1.165) is 23.0 Å². The smallest absolute Gasteiger partial charge is 0.233 e. The van der Waals surface area contributed by atoms with E-state index >= 15 is 0 Å². The number of hydrogen-bond acceptors (Lipinski definition) is 4. The van der Waals surface area contributed by atoms with Crippen LogP contribution in [0.2, 0.25) is 0 Å². The first kappa shape index (κ1) is 11.9. The van der Waals surface area contributed by atoms with Crippen molar-refractivity contribution >= 4 is 35.3 Å². The Morgan fingerprint density at radius 1 is 1.44 bits per heavy atom. The van der Waals surface area contributed by atoms with Gasteiger partial charge in [-0.1, -0.05) is 0 Å². The van der Waals surface area contributed by atoms with Crippen molar-refractivity contribution in [1.82, 2.24) is 10.6 Å². The molecule has 2 heterocycles. The fourth-order valence-electron chi connectivity index (χ4n) is 1.47. The number of rotatable bonds is 1. The average Bonchev–Trinajstić information content (AvgIpc) is 2.59. The molecule has 0 aromatic carbocycles. The molecule has 2 radical (unpaired) electrons. The summed E-state index contributed by atoms with van der Waals surface area (Å²) in [5, 5.41) is 5.49. The van der Waals surface area contributed by atoms with Gasteiger partial charge in [0, 0.05) is 34.9 Å². The van der Waals surface area contributed by atoms with Crippen LogP contribution in [0.25, 0.3) is 0 Å². The predicted molar refractivity (Wildman–Crippen MR) is 65.8 cm³/mol. The minimum absolute atomic E-state index is 0.0555. The summed E-state index contributed by atoms with van der Waals surface area (Å²) in [6, 6.07) is 0. The van der Waals surface area contributed by atoms with Gasteiger partial charge in [-0.2, -0.15) is 11.8 Å². The summed E-state index contributed by atoms with van der Waals surface area (Å²) >= 11 is 3.26. The molecule has 0 spiro atoms. The Balaban J connectivity index is 2.08. The van der Waals surface area contributed by atoms with E-state index in [1.165, 1.54) is 11.8 Å². The first-order valence-corrected chi connectivity index (χ1v) is 7.14. The van der Waals surface area contributed by atoms with Gasteiger partial charge in [-0.05, 0) is 0 Å². The van der Waals surface area contributed by atoms with Crippen LogP contribution in [0.5, 0.6) is 0 Å². The summed E-state index contributed by atoms with van der Waals surface area (Å²) in [6.07, 6.45) is 4.31. The van der Waals surface area contributed by atoms with E-state index in [-0.39, 0.29) is 17.7 Å². The first-order valence-electron chi connectivity index (χ1n) is 5.00. The van der Waals surface area contributed by atoms with Crippen LogP contribution >= 0.6 is 23.5 Å². The highest BCUT2D eigenvalue weighted by Gasteiger charge is 2.26. The molecule has 2 N–H and O–H groups in total. The van der Waals surface area contributed by atoms with Crippen LogP contribution < -0.4 is 10.6 Å². The zero-order valence-electron chi connectivity index (χ0n) is 8.62. The second-order valence-electron chi connectivity index (χ2n) is 3.40. The fourth-order valence-corrected chi connectivity index (χ4v) is 3.46. The molecule has 6 heteroatoms. The third kappa shape index (κ3) is 2.95. The zero-order valence-corrected chi connectivity index (χ0v) is 10.2. The van der Waals surface area contributed by atoms with E-state index in [4.69, 9.17) is 0 Å². The molecule has 2 aliphatic rings. The molecule has 16 heavy (non-hydrogen) atoms. The molecule has 0 aliphatic carbocycles. The molecule has 0 saturated carbocycles. The highest BCUT2D eigenvalue weighted by atomic mass is 32.2. The quantitative estimate of drug-likeness (QED) is 0.706. The maximum absolute atomic E-state index is 11.8. The molecule has 1 unspecified atom stereocenters. The van der Waals surface area contributed by atoms with Gasteiger partial charge in [0.15, 0.2) is 0 Å². The first-order chi connectivity index (χ1) is 7.77. The van der Waals surface area contributed by atoms with Crippen LogP contribution in [-0.2, 0) is 9.59 Å². The molecule has 0 bridgehead atoms. The van der Waals surface area contributed by atoms with Gasteiger partial charge < -0.3 is 10.6 Å². The third-order valence-corrected chi connectivity index (χ3v) is 4.39. The Labute approximate surface area is 103 Å². The minimum atomic E-state index is -0.218. The summed E-state index contributed by atoms with van der Waals surface area (Å²) in [5.74, 6) is 1.93. The normalized spacial score (nSPS) is 27.2. The molecule has 2 amide bonds. The fraction of sp³-hybridized carbons (Fsp3) is 0.500. The maximum Gasteiger partial charge on any atom is 0.233 e. The van der Waals surface area contributed by atoms with E-state index < -0.39 is 0 Å². The lowest BCUT2D eigenvalue weighted by Crippen LogP contribution is -2.31. The molecular weight excluding hydrogens is 244 g/mol. The standard InChI is InChI=1S/C10H12N2O2S2/c13-9-1-3-16-8(5-12-9)7-6-15-4-2-11-10(7)14/h5,7H,2-4,6H2,(H,11,14)(H,12,13). The van der Waals surface area contributed by atoms with Crippen LogP contribution in [0.4, 0.5) is 0 Å². The van der Waals surface area contributed by atoms with Crippen molar-refractivity contribution in [1.29, 1.82) is 0 Å². The lowest BCUT2D eigenvalue weighted by molar-refractivity contribution is -0.123. The van der Waals surface area contributed by atoms with E-state index in [1.54, 1.807) is 18.0 Å². The van der Waals surface area contributed by atoms with E-state index in [9.17, 15) is 9.59 Å². The summed E-state index contributed by atoms with van der Waals surface area (Å²) in [7, 11) is 0. The number of amides is 2. The minimum Gasteiger partial charge on any atom is -0.355 e. The van der Waals surface area contributed by atoms with Gasteiger partial charge in [-0.3, -0.25) is 9.59 Å². The molecule has 1 fully saturated rings. The monoisotopic (exact) mass is 256 g/mol. The van der Waals surface area contributed by atoms with Gasteiger partial charge in [-0.15, -0.1) is 11.8 Å². The van der Waals surface area contributed by atoms with Gasteiger partial charge in [0.2, 0.25) is 11.8 Å². The van der Waals surface area contributed by atoms with E-state index in [2.05, 4.69) is 17.1 Å². The maximum atomic E-state index is 11.8. The lowest BCUT2D eigenvalue weighted by atomic mass is 10.1. The van der Waals surface area contributed by atoms with E-state index in [0.29, 0.717) is 5.75 Å². The molecule has 0 aromatic rings. The van der Waals surface area contributed by atoms with Crippen LogP contribution in [-0.4, -0.2) is 35.6 Å². The Morgan fingerprint density at radius 2 is 2.31 bits per heavy atom. The van der Waals surface area contributed by atoms with Gasteiger partial charge in [0.1, 0.15) is 0 Å². The van der Waals surface area contributed by atoms with Crippen LogP contribution in [0.3, 0.4) is 0 Å². The Morgan fingerprint density at radius 3 is 3.19 bits per heavy atom. The van der Waals surface area contributed by atoms with Crippen molar-refractivity contribution in [2.45, 2.75) is 0 Å². The SMILES string of the molecule is O=C1[C]CSC(C2CSCCNC2=O)=CN1. The van der Waals surface area contributed by atoms with Crippen molar-refractivity contribution in [3.05, 3.63) is 17.5 Å². The number of hydrogen-bond donors (Lipinski definition) is 2. The zero-order chi connectivity index (χ0) is 11.4. The topological polar surface area (TPSA) is 58.2 Å². The molecule has 4 nitrogen and oxygen atoms in total. The van der Waals surface area contributed by atoms with Gasteiger partial charge in [0.05, 0.1) is 12.3 Å². The Bertz CT molecular complexity index is 331. The molecule has 1 atom stereocenters. The van der Waals surface area contributed by atoms with E-state index in [1.807, 2.05) is 0 Å². The predicted octanol–water partition coefficient (Wildman–Crippen LogP) is 0.251. The summed E-state index contributed by atoms with van der Waals surface area (Å²) < 4.78 is 0. The van der Waals surface area contributed by atoms with Crippen LogP contribution in [0.1, 0.15) is 0 Å². The molecule has 86 valence electrons. The van der Waals surface area contributed by atoms with Crippen molar-refractivity contribution < 1.29 is 9.59 Å². The molecule has 0 aromatic heterocycles. The summed E-state index contributed by atoms with van der Waals surface area (Å²) in [4.78, 5) is 23.8. The Hall–Kier alpha value is -0.620. The van der Waals surface area contributed by atoms with Gasteiger partial charge in [-0.25, -0.2) is 0 Å². The van der Waals surface area contributed by atoms with Gasteiger partial charge >= 0.3 is 0 Å². The largest absolute Gasteiger partial charge is 0.355 e. The van der Waals surface area contributed by atoms with Crippen molar-refractivity contribution in [2.24, 2.45) is 5.92 Å². The second kappa shape index (κ2) is 5.63. The van der Waals surface area contributed by atoms with Crippen molar-refractivity contribution in [3.63, 3.8) is 0 Å². The number of nitrogens with one attached hydrogen (secondary N) is 2. The highest BCUT2D eigenvalue weighted by Crippen LogP contribution is 2.29. The van der Waals surface area contributed by atoms with Crippen LogP contribution in [0.15, 0.2) is 11.1 Å². The van der Waals surface area contributed by atoms with Crippen molar-refractivity contribution in [2.75, 3.05) is 23.8 Å². The molecule has 1 saturated heterocycles. The second-order valence-corrected chi connectivity index (χ2v) is 5.60. The number of carbonyl (C=O) groups is 2. The highest BCUT2D eigenvalue weighted by molar-refractivity contribution is 8.03. The average molecular weight is 256 g/mol. The molecule has 2 aliphatic heterocycles. The number of carbonyl (C=O) groups excluding carboxylic acids is 2. The lowest BCUT2D eigenvalue weighted by Gasteiger charge is -2.14. The third-order valence-electron chi connectivity index (χ3n) is 2.31. The summed E-state index contributed by atoms with van der Waals surface area (Å²) in [6.45, 7) is 0.725. The summed E-state index contributed by atoms with van der Waals surface area (Å²) in [5.41, 5.74) is 0. The van der Waals surface area contributed by atoms with Crippen LogP contribution in [0, 0.1) is 12.3 Å². The Kier molecular flexibility index (Phi) is 4.17. The number of thioether (sulfide) groups is 2. The molecule has 2 rings (SSSR count). The van der Waals surface area contributed by atoms with Gasteiger partial charge in [0.25, 0.3) is 0 Å².